The molecule has 8 nitrogen and oxygen atoms in total. The molecule has 8 heteroatoms. The van der Waals surface area contributed by atoms with Gasteiger partial charge in [-0.25, -0.2) is 9.59 Å². The van der Waals surface area contributed by atoms with Gasteiger partial charge in [-0.15, -0.1) is 0 Å². The number of amides is 1. The first-order valence-electron chi connectivity index (χ1n) is 23.9. The second-order valence-corrected chi connectivity index (χ2v) is 16.1. The fourth-order valence-corrected chi connectivity index (χ4v) is 6.87. The fourth-order valence-electron chi connectivity index (χ4n) is 6.87. The number of hydrogen-bond acceptors (Lipinski definition) is 6. The number of nitrogens with two attached hydrogens (primary N) is 1. The Morgan fingerprint density at radius 1 is 0.418 bits per heavy atom. The van der Waals surface area contributed by atoms with Crippen molar-refractivity contribution < 1.29 is 29.0 Å². The molecule has 0 bridgehead atoms. The van der Waals surface area contributed by atoms with Crippen LogP contribution in [0.15, 0.2) is 0 Å². The van der Waals surface area contributed by atoms with Gasteiger partial charge in [0.25, 0.3) is 0 Å². The van der Waals surface area contributed by atoms with Gasteiger partial charge in [0.15, 0.2) is 0 Å². The van der Waals surface area contributed by atoms with Crippen molar-refractivity contribution in [1.82, 2.24) is 5.32 Å². The molecular formula is C47H94N2O6. The van der Waals surface area contributed by atoms with Crippen LogP contribution in [-0.4, -0.2) is 48.4 Å². The van der Waals surface area contributed by atoms with Gasteiger partial charge in [-0.05, 0) is 25.7 Å². The Kier molecular flexibility index (Phi) is 46.8. The first-order valence-corrected chi connectivity index (χ1v) is 23.9. The van der Waals surface area contributed by atoms with E-state index in [-0.39, 0.29) is 5.97 Å². The first kappa shape index (κ1) is 55.3. The third kappa shape index (κ3) is 44.7. The Balaban J connectivity index is 0. The van der Waals surface area contributed by atoms with Gasteiger partial charge in [0.2, 0.25) is 0 Å². The number of carbonyl (C=O) groups is 3. The van der Waals surface area contributed by atoms with Gasteiger partial charge >= 0.3 is 18.0 Å². The van der Waals surface area contributed by atoms with E-state index >= 15 is 0 Å². The number of ether oxygens (including phenoxy) is 2. The molecule has 0 aliphatic heterocycles. The molecule has 0 saturated carbocycles. The number of hydrogen-bond donors (Lipinski definition) is 3. The van der Waals surface area contributed by atoms with Gasteiger partial charge in [0.05, 0.1) is 13.2 Å². The maximum atomic E-state index is 12.1. The second-order valence-electron chi connectivity index (χ2n) is 16.1. The Labute approximate surface area is 341 Å². The molecule has 0 aromatic heterocycles. The lowest BCUT2D eigenvalue weighted by Gasteiger charge is -2.15. The Bertz CT molecular complexity index is 810. The van der Waals surface area contributed by atoms with Gasteiger partial charge in [-0.3, -0.25) is 4.79 Å². The maximum Gasteiger partial charge on any atom is 0.405 e. The zero-order valence-corrected chi connectivity index (χ0v) is 37.1. The molecule has 55 heavy (non-hydrogen) atoms. The summed E-state index contributed by atoms with van der Waals surface area (Å²) in [6.45, 7) is 9.70. The molecule has 0 aromatic carbocycles. The lowest BCUT2D eigenvalue weighted by atomic mass is 10.0. The molecule has 0 saturated heterocycles. The van der Waals surface area contributed by atoms with Crippen molar-refractivity contribution >= 4 is 18.0 Å². The molecule has 4 N–H and O–H groups in total. The van der Waals surface area contributed by atoms with Crippen LogP contribution in [0.1, 0.15) is 259 Å². The number of carbonyl (C=O) groups excluding carboxylic acids is 2. The summed E-state index contributed by atoms with van der Waals surface area (Å²) in [4.78, 5) is 34.6. The van der Waals surface area contributed by atoms with Gasteiger partial charge in [-0.2, -0.15) is 0 Å². The minimum atomic E-state index is -1.17. The van der Waals surface area contributed by atoms with E-state index in [0.717, 1.165) is 70.6 Å². The van der Waals surface area contributed by atoms with E-state index in [1.807, 2.05) is 0 Å². The molecule has 1 amide bonds. The lowest BCUT2D eigenvalue weighted by Crippen LogP contribution is -2.41. The zero-order valence-electron chi connectivity index (χ0n) is 37.1. The van der Waals surface area contributed by atoms with Crippen LogP contribution in [0.5, 0.6) is 0 Å². The Morgan fingerprint density at radius 2 is 0.691 bits per heavy atom. The molecule has 0 spiro atoms. The number of esters is 2. The average Bonchev–Trinajstić information content (AvgIpc) is 3.17. The van der Waals surface area contributed by atoms with Crippen molar-refractivity contribution in [3.8, 4) is 0 Å². The smallest absolute Gasteiger partial charge is 0.405 e. The second kappa shape index (κ2) is 46.6. The van der Waals surface area contributed by atoms with Crippen molar-refractivity contribution in [1.29, 1.82) is 0 Å². The summed E-state index contributed by atoms with van der Waals surface area (Å²) in [5.41, 5.74) is 5.84. The molecule has 0 heterocycles. The van der Waals surface area contributed by atoms with Crippen molar-refractivity contribution in [2.45, 2.75) is 271 Å². The highest BCUT2D eigenvalue weighted by Crippen LogP contribution is 2.15. The SMILES string of the molecule is CCCCCCCCCCCCCCCCOC(=O)C(CCCCC)NC(=O)O.CCCCCCCCCCCCCCCCOC(=O)C(N)CCCCC. The summed E-state index contributed by atoms with van der Waals surface area (Å²) < 4.78 is 10.6. The monoisotopic (exact) mass is 783 g/mol. The van der Waals surface area contributed by atoms with Crippen LogP contribution in [0.4, 0.5) is 4.79 Å². The van der Waals surface area contributed by atoms with Gasteiger partial charge in [0, 0.05) is 0 Å². The van der Waals surface area contributed by atoms with Crippen LogP contribution < -0.4 is 11.1 Å². The quantitative estimate of drug-likeness (QED) is 0.0416. The van der Waals surface area contributed by atoms with Crippen molar-refractivity contribution in [2.75, 3.05) is 13.2 Å². The van der Waals surface area contributed by atoms with Crippen LogP contribution in [0.2, 0.25) is 0 Å². The van der Waals surface area contributed by atoms with Crippen LogP contribution in [0.25, 0.3) is 0 Å². The van der Waals surface area contributed by atoms with Crippen molar-refractivity contribution in [3.63, 3.8) is 0 Å². The Morgan fingerprint density at radius 3 is 1.02 bits per heavy atom. The molecule has 328 valence electrons. The largest absolute Gasteiger partial charge is 0.465 e. The van der Waals surface area contributed by atoms with Crippen LogP contribution in [-0.2, 0) is 19.1 Å². The van der Waals surface area contributed by atoms with Crippen molar-refractivity contribution in [3.05, 3.63) is 0 Å². The lowest BCUT2D eigenvalue weighted by molar-refractivity contribution is -0.146. The summed E-state index contributed by atoms with van der Waals surface area (Å²) >= 11 is 0. The van der Waals surface area contributed by atoms with Crippen LogP contribution in [0.3, 0.4) is 0 Å². The van der Waals surface area contributed by atoms with E-state index < -0.39 is 24.1 Å². The number of nitrogens with one attached hydrogen (secondary N) is 1. The summed E-state index contributed by atoms with van der Waals surface area (Å²) in [7, 11) is 0. The van der Waals surface area contributed by atoms with E-state index in [1.54, 1.807) is 0 Å². The minimum absolute atomic E-state index is 0.212. The van der Waals surface area contributed by atoms with E-state index in [4.69, 9.17) is 20.3 Å². The van der Waals surface area contributed by atoms with Gasteiger partial charge in [-0.1, -0.05) is 233 Å². The summed E-state index contributed by atoms with van der Waals surface area (Å²) in [6.07, 6.45) is 43.1. The molecule has 0 aromatic rings. The van der Waals surface area contributed by atoms with Crippen LogP contribution >= 0.6 is 0 Å². The van der Waals surface area contributed by atoms with Crippen LogP contribution in [0, 0.1) is 0 Å². The summed E-state index contributed by atoms with van der Waals surface area (Å²) in [5.74, 6) is -0.644. The zero-order chi connectivity index (χ0) is 40.9. The molecule has 0 radical (unpaired) electrons. The first-order chi connectivity index (χ1) is 26.8. The normalized spacial score (nSPS) is 12.1. The highest BCUT2D eigenvalue weighted by atomic mass is 16.5. The van der Waals surface area contributed by atoms with E-state index in [2.05, 4.69) is 33.0 Å². The predicted octanol–water partition coefficient (Wildman–Crippen LogP) is 14.1. The minimum Gasteiger partial charge on any atom is -0.465 e. The topological polar surface area (TPSA) is 128 Å². The highest BCUT2D eigenvalue weighted by molar-refractivity contribution is 5.80. The molecule has 2 unspecified atom stereocenters. The number of carboxylic acid groups (broad SMARTS) is 1. The molecule has 0 fully saturated rings. The van der Waals surface area contributed by atoms with E-state index in [1.165, 1.54) is 154 Å². The van der Waals surface area contributed by atoms with E-state index in [9.17, 15) is 14.4 Å². The number of unbranched alkanes of at least 4 members (excludes halogenated alkanes) is 30. The van der Waals surface area contributed by atoms with Gasteiger partial charge in [0.1, 0.15) is 12.1 Å². The fraction of sp³-hybridized carbons (Fsp3) is 0.936. The maximum absolute atomic E-state index is 12.1. The molecule has 0 rings (SSSR count). The Hall–Kier alpha value is -1.83. The summed E-state index contributed by atoms with van der Waals surface area (Å²) in [6, 6.07) is -1.15. The standard InChI is InChI=1S/C24H47NO4.C23H47NO2/c1-3-5-7-8-9-10-11-12-13-14-15-16-17-19-21-29-23(26)22(25-24(27)28)20-18-6-4-2;1-3-5-7-8-9-10-11-12-13-14-15-16-17-19-21-26-23(25)22(24)20-18-6-4-2/h22,25H,3-21H2,1-2H3,(H,27,28);22H,3-21,24H2,1-2H3. The predicted molar refractivity (Wildman–Crippen MR) is 234 cm³/mol. The molecular weight excluding hydrogens is 689 g/mol. The third-order valence-corrected chi connectivity index (χ3v) is 10.6. The number of rotatable bonds is 41. The summed E-state index contributed by atoms with van der Waals surface area (Å²) in [5, 5.41) is 11.2. The molecule has 0 aliphatic carbocycles. The molecule has 2 atom stereocenters. The van der Waals surface area contributed by atoms with Crippen molar-refractivity contribution in [2.24, 2.45) is 5.73 Å². The van der Waals surface area contributed by atoms with E-state index in [0.29, 0.717) is 19.6 Å². The third-order valence-electron chi connectivity index (χ3n) is 10.6. The van der Waals surface area contributed by atoms with Gasteiger partial charge < -0.3 is 25.6 Å². The average molecular weight is 783 g/mol. The highest BCUT2D eigenvalue weighted by Gasteiger charge is 2.21. The molecule has 0 aliphatic rings.